The summed E-state index contributed by atoms with van der Waals surface area (Å²) in [6.07, 6.45) is 3.89. The number of carbonyl (C=O) groups excluding carboxylic acids is 2. The fraction of sp³-hybridized carbons (Fsp3) is 0.172. The lowest BCUT2D eigenvalue weighted by Crippen LogP contribution is -2.32. The van der Waals surface area contributed by atoms with E-state index in [0.717, 1.165) is 46.1 Å². The second-order valence-corrected chi connectivity index (χ2v) is 9.71. The number of aryl methyl sites for hydroxylation is 2. The summed E-state index contributed by atoms with van der Waals surface area (Å²) in [6.45, 7) is 5.27. The molecule has 0 bridgehead atoms. The largest absolute Gasteiger partial charge is 0.492 e. The Morgan fingerprint density at radius 2 is 1.71 bits per heavy atom. The summed E-state index contributed by atoms with van der Waals surface area (Å²) in [5.74, 6) is 0.456. The van der Waals surface area contributed by atoms with Gasteiger partial charge in [0.1, 0.15) is 12.4 Å². The van der Waals surface area contributed by atoms with Gasteiger partial charge in [-0.1, -0.05) is 60.2 Å². The Balaban J connectivity index is 1.34. The van der Waals surface area contributed by atoms with Gasteiger partial charge in [0.15, 0.2) is 0 Å². The van der Waals surface area contributed by atoms with Gasteiger partial charge in [0.25, 0.3) is 11.1 Å². The molecule has 0 atom stereocenters. The first-order valence-electron chi connectivity index (χ1n) is 11.6. The summed E-state index contributed by atoms with van der Waals surface area (Å²) >= 11 is 0.982. The molecule has 2 heterocycles. The zero-order chi connectivity index (χ0) is 24.4. The molecule has 5 rings (SSSR count). The minimum Gasteiger partial charge on any atom is -0.492 e. The molecule has 0 saturated carbocycles. The van der Waals surface area contributed by atoms with Crippen molar-refractivity contribution in [1.82, 2.24) is 9.47 Å². The smallest absolute Gasteiger partial charge is 0.293 e. The van der Waals surface area contributed by atoms with E-state index in [1.807, 2.05) is 55.5 Å². The maximum absolute atomic E-state index is 13.0. The molecule has 1 aliphatic rings. The number of aromatic nitrogens is 1. The van der Waals surface area contributed by atoms with Gasteiger partial charge in [-0.05, 0) is 61.0 Å². The number of carbonyl (C=O) groups is 2. The normalized spacial score (nSPS) is 14.9. The minimum absolute atomic E-state index is 0.213. The Labute approximate surface area is 209 Å². The predicted octanol–water partition coefficient (Wildman–Crippen LogP) is 6.42. The average Bonchev–Trinajstić information content (AvgIpc) is 3.32. The maximum Gasteiger partial charge on any atom is 0.293 e. The molecule has 5 nitrogen and oxygen atoms in total. The number of hydrogen-bond donors (Lipinski definition) is 0. The van der Waals surface area contributed by atoms with Crippen LogP contribution >= 0.6 is 11.8 Å². The van der Waals surface area contributed by atoms with Crippen molar-refractivity contribution < 1.29 is 14.3 Å². The number of imide groups is 1. The van der Waals surface area contributed by atoms with E-state index in [2.05, 4.69) is 48.0 Å². The summed E-state index contributed by atoms with van der Waals surface area (Å²) in [6, 6.07) is 24.3. The standard InChI is InChI=1S/C29H26N2O3S/c1-20-10-12-22(13-11-20)18-30-19-23(25-8-3-4-9-26(25)30)17-27-28(32)31(29(33)35-27)14-15-34-24-7-5-6-21(2)16-24/h3-13,16-17,19H,14-15,18H2,1-2H3/b27-17-. The first-order chi connectivity index (χ1) is 17.0. The highest BCUT2D eigenvalue weighted by molar-refractivity contribution is 8.18. The molecule has 3 aromatic carbocycles. The summed E-state index contributed by atoms with van der Waals surface area (Å²) < 4.78 is 7.93. The molecule has 0 radical (unpaired) electrons. The predicted molar refractivity (Wildman–Crippen MR) is 142 cm³/mol. The number of nitrogens with zero attached hydrogens (tertiary/aromatic N) is 2. The van der Waals surface area contributed by atoms with E-state index in [4.69, 9.17) is 4.74 Å². The molecule has 176 valence electrons. The van der Waals surface area contributed by atoms with E-state index < -0.39 is 0 Å². The molecule has 1 saturated heterocycles. The highest BCUT2D eigenvalue weighted by atomic mass is 32.2. The SMILES string of the molecule is Cc1ccc(Cn2cc(/C=C3\SC(=O)N(CCOc4cccc(C)c4)C3=O)c3ccccc32)cc1. The van der Waals surface area contributed by atoms with Gasteiger partial charge in [0.05, 0.1) is 11.4 Å². The van der Waals surface area contributed by atoms with Gasteiger partial charge in [-0.25, -0.2) is 0 Å². The first-order valence-corrected chi connectivity index (χ1v) is 12.4. The van der Waals surface area contributed by atoms with Crippen molar-refractivity contribution in [3.63, 3.8) is 0 Å². The third kappa shape index (κ3) is 5.03. The van der Waals surface area contributed by atoms with E-state index in [1.165, 1.54) is 16.0 Å². The van der Waals surface area contributed by atoms with Crippen molar-refractivity contribution in [3.8, 4) is 5.75 Å². The van der Waals surface area contributed by atoms with Crippen molar-refractivity contribution in [1.29, 1.82) is 0 Å². The van der Waals surface area contributed by atoms with E-state index in [9.17, 15) is 9.59 Å². The molecule has 2 amide bonds. The molecular formula is C29H26N2O3S. The Morgan fingerprint density at radius 3 is 2.51 bits per heavy atom. The lowest BCUT2D eigenvalue weighted by atomic mass is 10.1. The van der Waals surface area contributed by atoms with Crippen LogP contribution in [0.4, 0.5) is 4.79 Å². The quantitative estimate of drug-likeness (QED) is 0.285. The first kappa shape index (κ1) is 23.0. The van der Waals surface area contributed by atoms with Crippen LogP contribution in [0.15, 0.2) is 83.9 Å². The molecule has 1 aromatic heterocycles. The van der Waals surface area contributed by atoms with Crippen LogP contribution in [-0.4, -0.2) is 33.8 Å². The Morgan fingerprint density at radius 1 is 0.914 bits per heavy atom. The van der Waals surface area contributed by atoms with Crippen LogP contribution in [0.25, 0.3) is 17.0 Å². The molecular weight excluding hydrogens is 456 g/mol. The third-order valence-corrected chi connectivity index (χ3v) is 6.93. The van der Waals surface area contributed by atoms with Gasteiger partial charge >= 0.3 is 0 Å². The molecule has 6 heteroatoms. The second-order valence-electron chi connectivity index (χ2n) is 8.71. The van der Waals surface area contributed by atoms with Gasteiger partial charge in [0.2, 0.25) is 0 Å². The third-order valence-electron chi connectivity index (χ3n) is 6.03. The Hall–Kier alpha value is -3.77. The number of para-hydroxylation sites is 1. The van der Waals surface area contributed by atoms with Gasteiger partial charge in [0, 0.05) is 29.2 Å². The summed E-state index contributed by atoms with van der Waals surface area (Å²) in [5, 5.41) is 0.784. The maximum atomic E-state index is 13.0. The van der Waals surface area contributed by atoms with Gasteiger partial charge < -0.3 is 9.30 Å². The van der Waals surface area contributed by atoms with Gasteiger partial charge in [-0.15, -0.1) is 0 Å². The van der Waals surface area contributed by atoms with Gasteiger partial charge in [-0.2, -0.15) is 0 Å². The van der Waals surface area contributed by atoms with Crippen LogP contribution in [0.1, 0.15) is 22.3 Å². The van der Waals surface area contributed by atoms with E-state index in [1.54, 1.807) is 0 Å². The van der Waals surface area contributed by atoms with E-state index in [-0.39, 0.29) is 24.3 Å². The molecule has 1 aliphatic heterocycles. The highest BCUT2D eigenvalue weighted by Crippen LogP contribution is 2.34. The number of fused-ring (bicyclic) bond motifs is 1. The average molecular weight is 483 g/mol. The minimum atomic E-state index is -0.275. The monoisotopic (exact) mass is 482 g/mol. The number of rotatable bonds is 7. The number of benzene rings is 3. The summed E-state index contributed by atoms with van der Waals surface area (Å²) in [4.78, 5) is 27.3. The lowest BCUT2D eigenvalue weighted by Gasteiger charge is -2.13. The molecule has 0 spiro atoms. The number of thioether (sulfide) groups is 1. The Kier molecular flexibility index (Phi) is 6.47. The van der Waals surface area contributed by atoms with Crippen LogP contribution < -0.4 is 4.74 Å². The van der Waals surface area contributed by atoms with Crippen LogP contribution in [0.3, 0.4) is 0 Å². The molecule has 0 N–H and O–H groups in total. The highest BCUT2D eigenvalue weighted by Gasteiger charge is 2.35. The van der Waals surface area contributed by atoms with Crippen molar-refractivity contribution >= 4 is 39.9 Å². The fourth-order valence-electron chi connectivity index (χ4n) is 4.21. The summed E-state index contributed by atoms with van der Waals surface area (Å²) in [5.41, 5.74) is 5.54. The van der Waals surface area contributed by atoms with Crippen molar-refractivity contribution in [3.05, 3.63) is 106 Å². The second kappa shape index (κ2) is 9.84. The summed E-state index contributed by atoms with van der Waals surface area (Å²) in [7, 11) is 0. The molecule has 0 unspecified atom stereocenters. The molecule has 0 aliphatic carbocycles. The topological polar surface area (TPSA) is 51.5 Å². The van der Waals surface area contributed by atoms with E-state index >= 15 is 0 Å². The van der Waals surface area contributed by atoms with Crippen LogP contribution in [0.5, 0.6) is 5.75 Å². The molecule has 4 aromatic rings. The van der Waals surface area contributed by atoms with Crippen molar-refractivity contribution in [2.45, 2.75) is 20.4 Å². The number of hydrogen-bond acceptors (Lipinski definition) is 4. The van der Waals surface area contributed by atoms with E-state index in [0.29, 0.717) is 4.91 Å². The van der Waals surface area contributed by atoms with Crippen LogP contribution in [0.2, 0.25) is 0 Å². The zero-order valence-corrected chi connectivity index (χ0v) is 20.5. The Bertz CT molecular complexity index is 1440. The number of amides is 2. The fourth-order valence-corrected chi connectivity index (χ4v) is 5.06. The van der Waals surface area contributed by atoms with Crippen LogP contribution in [0, 0.1) is 13.8 Å². The molecule has 1 fully saturated rings. The zero-order valence-electron chi connectivity index (χ0n) is 19.7. The van der Waals surface area contributed by atoms with Crippen molar-refractivity contribution in [2.75, 3.05) is 13.2 Å². The van der Waals surface area contributed by atoms with Crippen LogP contribution in [-0.2, 0) is 11.3 Å². The van der Waals surface area contributed by atoms with Gasteiger partial charge in [-0.3, -0.25) is 14.5 Å². The lowest BCUT2D eigenvalue weighted by molar-refractivity contribution is -0.123. The number of ether oxygens (including phenoxy) is 1. The molecule has 35 heavy (non-hydrogen) atoms. The van der Waals surface area contributed by atoms with Crippen molar-refractivity contribution in [2.24, 2.45) is 0 Å².